The van der Waals surface area contributed by atoms with Gasteiger partial charge >= 0.3 is 17.8 Å². The predicted molar refractivity (Wildman–Crippen MR) is 39.9 cm³/mol. The van der Waals surface area contributed by atoms with Crippen molar-refractivity contribution in [2.45, 2.75) is 17.8 Å². The Morgan fingerprint density at radius 2 is 1.47 bits per heavy atom. The molecule has 1 amide bonds. The molecule has 12 heteroatoms. The summed E-state index contributed by atoms with van der Waals surface area (Å²) >= 11 is 4.02. The Kier molecular flexibility index (Phi) is 4.03. The van der Waals surface area contributed by atoms with E-state index in [1.54, 1.807) is 5.11 Å². The van der Waals surface area contributed by atoms with E-state index in [9.17, 15) is 35.9 Å². The van der Waals surface area contributed by atoms with E-state index < -0.39 is 28.9 Å². The van der Waals surface area contributed by atoms with Gasteiger partial charge in [0.15, 0.2) is 0 Å². The molecule has 96 valence electrons. The minimum Gasteiger partial charge on any atom is -0.285 e. The minimum absolute atomic E-state index is 1.44. The molecule has 0 unspecified atom stereocenters. The molecule has 0 rings (SSSR count). The zero-order valence-corrected chi connectivity index (χ0v) is 8.06. The third kappa shape index (κ3) is 2.29. The van der Waals surface area contributed by atoms with Crippen LogP contribution < -0.4 is 0 Å². The molecule has 5 nitrogen and oxygen atoms in total. The number of hydrogen-bond donors (Lipinski definition) is 0. The predicted octanol–water partition coefficient (Wildman–Crippen LogP) is 2.49. The van der Waals surface area contributed by atoms with Gasteiger partial charge in [0.1, 0.15) is 0 Å². The first kappa shape index (κ1) is 15.5. The molecule has 0 bridgehead atoms. The second-order valence-corrected chi connectivity index (χ2v) is 2.83. The Bertz CT molecular complexity index is 404. The van der Waals surface area contributed by atoms with Crippen molar-refractivity contribution in [1.29, 1.82) is 0 Å². The van der Waals surface area contributed by atoms with Gasteiger partial charge in [0, 0.05) is 4.91 Å². The van der Waals surface area contributed by atoms with E-state index in [1.807, 2.05) is 0 Å². The lowest BCUT2D eigenvalue weighted by Crippen LogP contribution is -2.59. The van der Waals surface area contributed by atoms with Crippen LogP contribution in [-0.4, -0.2) is 28.9 Å². The van der Waals surface area contributed by atoms with Gasteiger partial charge in [0.05, 0.1) is 0 Å². The number of alkyl halides is 6. The van der Waals surface area contributed by atoms with Gasteiger partial charge in [0.2, 0.25) is 0 Å². The highest BCUT2D eigenvalue weighted by molar-refractivity contribution is 6.65. The Labute approximate surface area is 93.0 Å². The van der Waals surface area contributed by atoms with Crippen molar-refractivity contribution in [2.24, 2.45) is 5.11 Å². The first-order valence-electron chi connectivity index (χ1n) is 3.35. The maximum atomic E-state index is 12.6. The summed E-state index contributed by atoms with van der Waals surface area (Å²) in [5.74, 6) is -21.7. The molecule has 0 aromatic carbocycles. The molecule has 0 saturated heterocycles. The van der Waals surface area contributed by atoms with Crippen molar-refractivity contribution in [3.05, 3.63) is 10.4 Å². The Balaban J connectivity index is 5.67. The lowest BCUT2D eigenvalue weighted by Gasteiger charge is -2.28. The van der Waals surface area contributed by atoms with Crippen LogP contribution in [0.1, 0.15) is 0 Å². The zero-order valence-electron chi connectivity index (χ0n) is 7.30. The van der Waals surface area contributed by atoms with Crippen LogP contribution in [0.3, 0.4) is 0 Å². The molecule has 0 radical (unpaired) electrons. The van der Waals surface area contributed by atoms with Gasteiger partial charge in [-0.05, 0) is 22.2 Å². The molecule has 0 heterocycles. The van der Waals surface area contributed by atoms with Crippen molar-refractivity contribution in [2.75, 3.05) is 0 Å². The summed E-state index contributed by atoms with van der Waals surface area (Å²) in [4.78, 5) is 21.6. The van der Waals surface area contributed by atoms with E-state index in [0.29, 0.717) is 0 Å². The van der Waals surface area contributed by atoms with E-state index in [4.69, 9.17) is 5.53 Å². The van der Waals surface area contributed by atoms with Crippen LogP contribution in [0, 0.1) is 0 Å². The number of hydrogen-bond acceptors (Lipinski definition) is 2. The second kappa shape index (κ2) is 4.41. The van der Waals surface area contributed by atoms with E-state index in [2.05, 4.69) is 11.6 Å². The summed E-state index contributed by atoms with van der Waals surface area (Å²) in [6, 6.07) is 0. The highest BCUT2D eigenvalue weighted by Crippen LogP contribution is 2.47. The highest BCUT2D eigenvalue weighted by Gasteiger charge is 2.77. The van der Waals surface area contributed by atoms with Gasteiger partial charge in [-0.3, -0.25) is 9.59 Å². The van der Waals surface area contributed by atoms with Crippen LogP contribution in [0.5, 0.6) is 0 Å². The van der Waals surface area contributed by atoms with E-state index >= 15 is 0 Å². The van der Waals surface area contributed by atoms with Crippen LogP contribution in [-0.2, 0) is 9.59 Å². The van der Waals surface area contributed by atoms with Crippen LogP contribution in [0.25, 0.3) is 10.4 Å². The van der Waals surface area contributed by atoms with Gasteiger partial charge in [0.25, 0.3) is 11.1 Å². The quantitative estimate of drug-likeness (QED) is 0.261. The Morgan fingerprint density at radius 3 is 1.76 bits per heavy atom. The SMILES string of the molecule is [N-]=[N+]=NC(=O)C(F)(F)C(F)(F)C(F)(F)C(=O)Cl. The number of amides is 1. The maximum absolute atomic E-state index is 12.6. The van der Waals surface area contributed by atoms with Gasteiger partial charge in [-0.15, -0.1) is 0 Å². The third-order valence-electron chi connectivity index (χ3n) is 1.44. The number of azide groups is 1. The third-order valence-corrected chi connectivity index (χ3v) is 1.68. The van der Waals surface area contributed by atoms with Gasteiger partial charge in [-0.2, -0.15) is 26.3 Å². The summed E-state index contributed by atoms with van der Waals surface area (Å²) in [6.45, 7) is 0. The number of nitrogens with zero attached hydrogens (tertiary/aromatic N) is 3. The maximum Gasteiger partial charge on any atom is 0.388 e. The van der Waals surface area contributed by atoms with Crippen LogP contribution in [0.15, 0.2) is 5.11 Å². The monoisotopic (exact) mass is 283 g/mol. The highest BCUT2D eigenvalue weighted by atomic mass is 35.5. The van der Waals surface area contributed by atoms with E-state index in [-0.39, 0.29) is 0 Å². The van der Waals surface area contributed by atoms with Crippen molar-refractivity contribution in [3.8, 4) is 0 Å². The smallest absolute Gasteiger partial charge is 0.285 e. The average Bonchev–Trinajstić information content (AvgIpc) is 2.17. The molecule has 0 saturated carbocycles. The molecular weight excluding hydrogens is 284 g/mol. The van der Waals surface area contributed by atoms with Gasteiger partial charge in [-0.25, -0.2) is 0 Å². The van der Waals surface area contributed by atoms with Crippen molar-refractivity contribution in [1.82, 2.24) is 0 Å². The number of halogens is 7. The lowest BCUT2D eigenvalue weighted by molar-refractivity contribution is -0.282. The molecule has 0 fully saturated rings. The first-order chi connectivity index (χ1) is 7.42. The Hall–Kier alpha value is -1.48. The fourth-order valence-corrected chi connectivity index (χ4v) is 0.677. The normalized spacial score (nSPS) is 12.9. The molecule has 0 aliphatic heterocycles. The largest absolute Gasteiger partial charge is 0.388 e. The first-order valence-corrected chi connectivity index (χ1v) is 3.73. The zero-order chi connectivity index (χ0) is 14.1. The minimum atomic E-state index is -6.43. The Morgan fingerprint density at radius 1 is 1.06 bits per heavy atom. The summed E-state index contributed by atoms with van der Waals surface area (Å²) in [5, 5.41) is -1.53. The van der Waals surface area contributed by atoms with Crippen LogP contribution >= 0.6 is 11.6 Å². The fraction of sp³-hybridized carbons (Fsp3) is 0.600. The number of carbonyl (C=O) groups excluding carboxylic acids is 2. The van der Waals surface area contributed by atoms with E-state index in [0.717, 1.165) is 0 Å². The summed E-state index contributed by atoms with van der Waals surface area (Å²) in [5.41, 5.74) is 7.56. The summed E-state index contributed by atoms with van der Waals surface area (Å²) < 4.78 is 75.2. The molecule has 0 aliphatic rings. The lowest BCUT2D eigenvalue weighted by atomic mass is 10.1. The molecule has 0 atom stereocenters. The van der Waals surface area contributed by atoms with Gasteiger partial charge in [-0.1, -0.05) is 0 Å². The molecule has 17 heavy (non-hydrogen) atoms. The standard InChI is InChI=1S/C5ClF6N3O2/c6-1(16)3(7,8)5(11,12)4(9,10)2(17)14-15-13. The number of rotatable bonds is 4. The van der Waals surface area contributed by atoms with E-state index in [1.165, 1.54) is 4.91 Å². The van der Waals surface area contributed by atoms with Crippen LogP contribution in [0.2, 0.25) is 0 Å². The van der Waals surface area contributed by atoms with Crippen molar-refractivity contribution < 1.29 is 35.9 Å². The van der Waals surface area contributed by atoms with Crippen molar-refractivity contribution >= 4 is 22.8 Å². The van der Waals surface area contributed by atoms with Crippen molar-refractivity contribution in [3.63, 3.8) is 0 Å². The topological polar surface area (TPSA) is 82.9 Å². The average molecular weight is 284 g/mol. The second-order valence-electron chi connectivity index (χ2n) is 2.49. The molecule has 0 aliphatic carbocycles. The molecular formula is C5ClF6N3O2. The molecule has 0 spiro atoms. The molecule has 0 N–H and O–H groups in total. The molecule has 0 aromatic rings. The summed E-state index contributed by atoms with van der Waals surface area (Å²) in [7, 11) is 0. The van der Waals surface area contributed by atoms with Crippen LogP contribution in [0.4, 0.5) is 26.3 Å². The molecule has 0 aromatic heterocycles. The van der Waals surface area contributed by atoms with Gasteiger partial charge < -0.3 is 0 Å². The summed E-state index contributed by atoms with van der Waals surface area (Å²) in [6.07, 6.45) is 0. The fourth-order valence-electron chi connectivity index (χ4n) is 0.558. The number of carbonyl (C=O) groups is 2.